The molecule has 146 valence electrons. The van der Waals surface area contributed by atoms with Crippen LogP contribution >= 0.6 is 0 Å². The first kappa shape index (κ1) is 19.3. The van der Waals surface area contributed by atoms with Gasteiger partial charge in [-0.2, -0.15) is 0 Å². The van der Waals surface area contributed by atoms with E-state index in [9.17, 15) is 19.1 Å². The maximum Gasteiger partial charge on any atom is 0.410 e. The van der Waals surface area contributed by atoms with Crippen LogP contribution in [-0.2, 0) is 15.5 Å². The lowest BCUT2D eigenvalue weighted by Gasteiger charge is -2.33. The quantitative estimate of drug-likeness (QED) is 0.631. The Morgan fingerprint density at radius 2 is 2.19 bits per heavy atom. The molecule has 2 heterocycles. The Labute approximate surface area is 158 Å². The third-order valence-corrected chi connectivity index (χ3v) is 5.74. The summed E-state index contributed by atoms with van der Waals surface area (Å²) in [6, 6.07) is 4.26. The summed E-state index contributed by atoms with van der Waals surface area (Å²) >= 11 is 0. The zero-order valence-electron chi connectivity index (χ0n) is 15.4. The van der Waals surface area contributed by atoms with Crippen LogP contribution in [0.1, 0.15) is 33.6 Å². The number of nitrogens with zero attached hydrogens (tertiary/aromatic N) is 3. The second-order valence-corrected chi connectivity index (χ2v) is 9.14. The summed E-state index contributed by atoms with van der Waals surface area (Å²) in [5.74, 6) is 0. The number of aromatic amines is 1. The van der Waals surface area contributed by atoms with Crippen molar-refractivity contribution in [1.82, 2.24) is 14.9 Å². The van der Waals surface area contributed by atoms with E-state index in [-0.39, 0.29) is 16.1 Å². The Bertz CT molecular complexity index is 904. The van der Waals surface area contributed by atoms with Gasteiger partial charge in [-0.25, -0.2) is 9.78 Å². The van der Waals surface area contributed by atoms with E-state index < -0.39 is 27.4 Å². The van der Waals surface area contributed by atoms with Crippen LogP contribution in [0.2, 0.25) is 0 Å². The summed E-state index contributed by atoms with van der Waals surface area (Å²) < 4.78 is 18.3. The molecule has 1 aromatic carbocycles. The predicted octanol–water partition coefficient (Wildman–Crippen LogP) is 2.98. The van der Waals surface area contributed by atoms with Gasteiger partial charge in [0, 0.05) is 25.2 Å². The van der Waals surface area contributed by atoms with Crippen molar-refractivity contribution < 1.29 is 18.7 Å². The van der Waals surface area contributed by atoms with Gasteiger partial charge in [0.2, 0.25) is 0 Å². The van der Waals surface area contributed by atoms with Crippen molar-refractivity contribution in [2.45, 2.75) is 49.6 Å². The highest BCUT2D eigenvalue weighted by Crippen LogP contribution is 2.24. The number of hydrogen-bond acceptors (Lipinski definition) is 6. The van der Waals surface area contributed by atoms with Gasteiger partial charge in [-0.15, -0.1) is 0 Å². The lowest BCUT2D eigenvalue weighted by molar-refractivity contribution is -0.384. The third kappa shape index (κ3) is 4.44. The first-order chi connectivity index (χ1) is 12.6. The number of fused-ring (bicyclic) bond motifs is 1. The zero-order chi connectivity index (χ0) is 19.8. The minimum absolute atomic E-state index is 0.0581. The normalized spacial score (nSPS) is 19.1. The number of nitrogens with one attached hydrogen (secondary N) is 1. The number of hydrogen-bond donors (Lipinski definition) is 1. The molecule has 0 unspecified atom stereocenters. The summed E-state index contributed by atoms with van der Waals surface area (Å²) in [6.07, 6.45) is 1.01. The fourth-order valence-corrected chi connectivity index (χ4v) is 4.36. The molecule has 27 heavy (non-hydrogen) atoms. The molecule has 1 aliphatic heterocycles. The van der Waals surface area contributed by atoms with Crippen LogP contribution in [-0.4, -0.2) is 54.0 Å². The molecule has 1 aliphatic rings. The molecule has 2 atom stereocenters. The van der Waals surface area contributed by atoms with Crippen molar-refractivity contribution in [3.63, 3.8) is 0 Å². The van der Waals surface area contributed by atoms with E-state index in [1.54, 1.807) is 25.7 Å². The maximum absolute atomic E-state index is 12.9. The fraction of sp³-hybridized carbons (Fsp3) is 0.529. The number of amides is 1. The number of carbonyl (C=O) groups excluding carboxylic acids is 1. The number of likely N-dealkylation sites (tertiary alicyclic amines) is 1. The van der Waals surface area contributed by atoms with Gasteiger partial charge in [0.15, 0.2) is 5.16 Å². The van der Waals surface area contributed by atoms with E-state index >= 15 is 0 Å². The van der Waals surface area contributed by atoms with Crippen molar-refractivity contribution in [3.8, 4) is 0 Å². The van der Waals surface area contributed by atoms with Crippen molar-refractivity contribution in [1.29, 1.82) is 0 Å². The summed E-state index contributed by atoms with van der Waals surface area (Å²) in [6.45, 7) is 6.29. The van der Waals surface area contributed by atoms with E-state index in [1.165, 1.54) is 18.2 Å². The molecule has 0 saturated carbocycles. The molecule has 9 nitrogen and oxygen atoms in total. The first-order valence-corrected chi connectivity index (χ1v) is 9.88. The largest absolute Gasteiger partial charge is 0.444 e. The molecule has 10 heteroatoms. The molecule has 0 radical (unpaired) electrons. The Hall–Kier alpha value is -2.49. The highest BCUT2D eigenvalue weighted by molar-refractivity contribution is 7.85. The highest BCUT2D eigenvalue weighted by atomic mass is 32.2. The fourth-order valence-electron chi connectivity index (χ4n) is 2.95. The lowest BCUT2D eigenvalue weighted by Crippen LogP contribution is -2.46. The van der Waals surface area contributed by atoms with Gasteiger partial charge in [-0.3, -0.25) is 14.3 Å². The van der Waals surface area contributed by atoms with E-state index in [2.05, 4.69) is 9.97 Å². The molecule has 1 saturated heterocycles. The smallest absolute Gasteiger partial charge is 0.410 e. The van der Waals surface area contributed by atoms with Gasteiger partial charge in [0.1, 0.15) is 5.60 Å². The van der Waals surface area contributed by atoms with Gasteiger partial charge in [-0.1, -0.05) is 0 Å². The SMILES string of the molecule is CC(C)(C)OC(=O)N1CCC[C@H]([S@@](=O)c2nc3ccc([N+](=O)[O-])cc3[nH]2)C1. The van der Waals surface area contributed by atoms with Crippen molar-refractivity contribution in [2.24, 2.45) is 0 Å². The summed E-state index contributed by atoms with van der Waals surface area (Å²) in [7, 11) is -1.47. The Morgan fingerprint density at radius 1 is 1.44 bits per heavy atom. The van der Waals surface area contributed by atoms with Gasteiger partial charge >= 0.3 is 6.09 Å². The van der Waals surface area contributed by atoms with Crippen LogP contribution in [0.15, 0.2) is 23.4 Å². The number of rotatable bonds is 3. The maximum atomic E-state index is 12.9. The highest BCUT2D eigenvalue weighted by Gasteiger charge is 2.32. The van der Waals surface area contributed by atoms with Crippen LogP contribution in [0.4, 0.5) is 10.5 Å². The summed E-state index contributed by atoms with van der Waals surface area (Å²) in [5, 5.41) is 10.9. The average Bonchev–Trinajstić information content (AvgIpc) is 3.02. The molecular weight excluding hydrogens is 372 g/mol. The minimum Gasteiger partial charge on any atom is -0.444 e. The number of carbonyl (C=O) groups is 1. The van der Waals surface area contributed by atoms with Crippen molar-refractivity contribution >= 4 is 33.6 Å². The van der Waals surface area contributed by atoms with Crippen LogP contribution in [0, 0.1) is 10.1 Å². The van der Waals surface area contributed by atoms with Crippen LogP contribution in [0.3, 0.4) is 0 Å². The molecule has 0 spiro atoms. The number of aromatic nitrogens is 2. The molecule has 1 fully saturated rings. The monoisotopic (exact) mass is 394 g/mol. The summed E-state index contributed by atoms with van der Waals surface area (Å²) in [5.41, 5.74) is 0.338. The lowest BCUT2D eigenvalue weighted by atomic mass is 10.1. The average molecular weight is 394 g/mol. The number of H-pyrrole nitrogens is 1. The Balaban J connectivity index is 1.76. The topological polar surface area (TPSA) is 118 Å². The predicted molar refractivity (Wildman–Crippen MR) is 100.0 cm³/mol. The van der Waals surface area contributed by atoms with Crippen molar-refractivity contribution in [3.05, 3.63) is 28.3 Å². The van der Waals surface area contributed by atoms with Crippen LogP contribution in [0.25, 0.3) is 11.0 Å². The number of non-ortho nitro benzene ring substituents is 1. The number of ether oxygens (including phenoxy) is 1. The molecule has 1 aromatic heterocycles. The molecule has 1 N–H and O–H groups in total. The first-order valence-electron chi connectivity index (χ1n) is 8.67. The Morgan fingerprint density at radius 3 is 2.85 bits per heavy atom. The second kappa shape index (κ2) is 7.26. The standard InChI is InChI=1S/C17H22N4O5S/c1-17(2,3)26-16(22)20-8-4-5-12(10-20)27(25)15-18-13-7-6-11(21(23)24)9-14(13)19-15/h6-7,9,12H,4-5,8,10H2,1-3H3,(H,18,19)/t12-,27+/m0/s1. The third-order valence-electron chi connectivity index (χ3n) is 4.18. The van der Waals surface area contributed by atoms with E-state index in [1.807, 2.05) is 0 Å². The molecule has 1 amide bonds. The second-order valence-electron chi connectivity index (χ2n) is 7.49. The van der Waals surface area contributed by atoms with E-state index in [0.717, 1.165) is 6.42 Å². The number of imidazole rings is 1. The minimum atomic E-state index is -1.47. The number of nitro groups is 1. The summed E-state index contributed by atoms with van der Waals surface area (Å²) in [4.78, 5) is 31.5. The van der Waals surface area contributed by atoms with Gasteiger partial charge < -0.3 is 14.6 Å². The molecule has 0 bridgehead atoms. The number of piperidine rings is 1. The van der Waals surface area contributed by atoms with Gasteiger partial charge in [-0.05, 0) is 39.7 Å². The zero-order valence-corrected chi connectivity index (χ0v) is 16.2. The van der Waals surface area contributed by atoms with Gasteiger partial charge in [0.05, 0.1) is 32.0 Å². The molecule has 3 rings (SSSR count). The van der Waals surface area contributed by atoms with Crippen LogP contribution < -0.4 is 0 Å². The van der Waals surface area contributed by atoms with Gasteiger partial charge in [0.25, 0.3) is 5.69 Å². The van der Waals surface area contributed by atoms with E-state index in [0.29, 0.717) is 30.5 Å². The van der Waals surface area contributed by atoms with Crippen molar-refractivity contribution in [2.75, 3.05) is 13.1 Å². The molecule has 2 aromatic rings. The molecule has 0 aliphatic carbocycles. The van der Waals surface area contributed by atoms with Crippen LogP contribution in [0.5, 0.6) is 0 Å². The van der Waals surface area contributed by atoms with E-state index in [4.69, 9.17) is 4.74 Å². The number of benzene rings is 1. The molecular formula is C17H22N4O5S. The number of nitro benzene ring substituents is 1. The Kier molecular flexibility index (Phi) is 5.18.